The molecule has 3 rings (SSSR count). The Morgan fingerprint density at radius 3 is 2.77 bits per heavy atom. The summed E-state index contributed by atoms with van der Waals surface area (Å²) in [6, 6.07) is 15.2. The van der Waals surface area contributed by atoms with E-state index in [1.807, 2.05) is 48.5 Å². The molecule has 0 radical (unpaired) electrons. The number of rotatable bonds is 7. The van der Waals surface area contributed by atoms with Gasteiger partial charge in [0, 0.05) is 29.4 Å². The van der Waals surface area contributed by atoms with Crippen LogP contribution >= 0.6 is 15.9 Å². The Hall–Kier alpha value is -1.93. The van der Waals surface area contributed by atoms with E-state index in [4.69, 9.17) is 9.47 Å². The smallest absolute Gasteiger partial charge is 0.242 e. The molecule has 0 saturated carbocycles. The van der Waals surface area contributed by atoms with E-state index in [1.54, 1.807) is 7.11 Å². The molecule has 2 atom stereocenters. The van der Waals surface area contributed by atoms with Gasteiger partial charge in [0.1, 0.15) is 18.4 Å². The van der Waals surface area contributed by atoms with Crippen molar-refractivity contribution in [3.05, 3.63) is 58.6 Å². The summed E-state index contributed by atoms with van der Waals surface area (Å²) < 4.78 is 11.6. The average molecular weight is 420 g/mol. The van der Waals surface area contributed by atoms with Crippen LogP contribution in [0.2, 0.25) is 0 Å². The van der Waals surface area contributed by atoms with Crippen molar-refractivity contribution < 1.29 is 14.3 Å². The number of carbonyl (C=O) groups excluding carboxylic acids is 1. The summed E-state index contributed by atoms with van der Waals surface area (Å²) in [6.07, 6.45) is 0.678. The van der Waals surface area contributed by atoms with Crippen molar-refractivity contribution in [3.63, 3.8) is 0 Å². The van der Waals surface area contributed by atoms with E-state index in [2.05, 4.69) is 32.1 Å². The van der Waals surface area contributed by atoms with Crippen molar-refractivity contribution in [2.45, 2.75) is 18.5 Å². The van der Waals surface area contributed by atoms with Gasteiger partial charge in [-0.3, -0.25) is 4.79 Å². The van der Waals surface area contributed by atoms with Crippen LogP contribution in [0.15, 0.2) is 53.0 Å². The number of halogens is 1. The van der Waals surface area contributed by atoms with Gasteiger partial charge in [-0.15, -0.1) is 0 Å². The van der Waals surface area contributed by atoms with Crippen LogP contribution in [0.1, 0.15) is 18.0 Å². The Balaban J connectivity index is 1.55. The Morgan fingerprint density at radius 1 is 1.19 bits per heavy atom. The lowest BCUT2D eigenvalue weighted by atomic mass is 10.0. The molecular formula is C19H22BrN3O3. The van der Waals surface area contributed by atoms with E-state index >= 15 is 0 Å². The number of hydrazine groups is 1. The molecule has 1 aliphatic heterocycles. The van der Waals surface area contributed by atoms with Gasteiger partial charge in [0.2, 0.25) is 5.91 Å². The number of methoxy groups -OCH3 is 1. The van der Waals surface area contributed by atoms with Crippen LogP contribution in [0.4, 0.5) is 5.69 Å². The van der Waals surface area contributed by atoms with Gasteiger partial charge in [-0.1, -0.05) is 34.1 Å². The maximum absolute atomic E-state index is 12.5. The Kier molecular flexibility index (Phi) is 6.62. The van der Waals surface area contributed by atoms with Crippen LogP contribution in [-0.2, 0) is 9.53 Å². The van der Waals surface area contributed by atoms with Gasteiger partial charge in [-0.2, -0.15) is 0 Å². The Morgan fingerprint density at radius 2 is 2.00 bits per heavy atom. The monoisotopic (exact) mass is 419 g/mol. The standard InChI is InChI=1S/C19H22BrN3O3/c1-25-9-10-26-16-4-2-3-15(11-16)21-19(24)18-12-17(22-23-18)13-5-7-14(20)8-6-13/h2-8,11,17-18,22-23H,9-10,12H2,1H3,(H,21,24). The molecule has 0 aromatic heterocycles. The number of hydrogen-bond acceptors (Lipinski definition) is 5. The van der Waals surface area contributed by atoms with Crippen molar-refractivity contribution in [3.8, 4) is 5.75 Å². The molecule has 2 aromatic rings. The molecule has 3 N–H and O–H groups in total. The molecule has 6 nitrogen and oxygen atoms in total. The van der Waals surface area contributed by atoms with E-state index in [0.29, 0.717) is 31.1 Å². The molecular weight excluding hydrogens is 398 g/mol. The third-order valence-electron chi connectivity index (χ3n) is 4.15. The molecule has 138 valence electrons. The zero-order chi connectivity index (χ0) is 18.4. The highest BCUT2D eigenvalue weighted by atomic mass is 79.9. The second kappa shape index (κ2) is 9.14. The number of ether oxygens (including phenoxy) is 2. The topological polar surface area (TPSA) is 71.6 Å². The lowest BCUT2D eigenvalue weighted by Crippen LogP contribution is -2.39. The second-order valence-electron chi connectivity index (χ2n) is 6.04. The number of hydrogen-bond donors (Lipinski definition) is 3. The van der Waals surface area contributed by atoms with E-state index in [0.717, 1.165) is 10.0 Å². The highest BCUT2D eigenvalue weighted by Crippen LogP contribution is 2.25. The minimum atomic E-state index is -0.304. The summed E-state index contributed by atoms with van der Waals surface area (Å²) in [5.41, 5.74) is 8.12. The summed E-state index contributed by atoms with van der Waals surface area (Å²) in [5, 5.41) is 2.94. The van der Waals surface area contributed by atoms with Gasteiger partial charge in [0.05, 0.1) is 6.61 Å². The highest BCUT2D eigenvalue weighted by molar-refractivity contribution is 9.10. The Labute approximate surface area is 161 Å². The summed E-state index contributed by atoms with van der Waals surface area (Å²) >= 11 is 3.43. The summed E-state index contributed by atoms with van der Waals surface area (Å²) in [5.74, 6) is 0.622. The first-order valence-corrected chi connectivity index (χ1v) is 9.24. The third kappa shape index (κ3) is 5.04. The number of amides is 1. The van der Waals surface area contributed by atoms with Gasteiger partial charge in [-0.05, 0) is 36.2 Å². The molecule has 1 heterocycles. The van der Waals surface area contributed by atoms with Crippen LogP contribution in [0.5, 0.6) is 5.75 Å². The quantitative estimate of drug-likeness (QED) is 0.601. The van der Waals surface area contributed by atoms with Crippen LogP contribution in [0.25, 0.3) is 0 Å². The largest absolute Gasteiger partial charge is 0.491 e. The van der Waals surface area contributed by atoms with Crippen LogP contribution in [-0.4, -0.2) is 32.3 Å². The van der Waals surface area contributed by atoms with Gasteiger partial charge < -0.3 is 14.8 Å². The van der Waals surface area contributed by atoms with Crippen LogP contribution in [0.3, 0.4) is 0 Å². The SMILES string of the molecule is COCCOc1cccc(NC(=O)C2CC(c3ccc(Br)cc3)NN2)c1. The first-order valence-electron chi connectivity index (χ1n) is 8.45. The zero-order valence-corrected chi connectivity index (χ0v) is 16.1. The van der Waals surface area contributed by atoms with Gasteiger partial charge in [-0.25, -0.2) is 10.9 Å². The lowest BCUT2D eigenvalue weighted by molar-refractivity contribution is -0.117. The third-order valence-corrected chi connectivity index (χ3v) is 4.68. The van der Waals surface area contributed by atoms with Gasteiger partial charge in [0.25, 0.3) is 0 Å². The number of benzene rings is 2. The van der Waals surface area contributed by atoms with E-state index in [9.17, 15) is 4.79 Å². The average Bonchev–Trinajstić information content (AvgIpc) is 3.13. The number of carbonyl (C=O) groups is 1. The Bertz CT molecular complexity index is 739. The van der Waals surface area contributed by atoms with E-state index in [1.165, 1.54) is 0 Å². The molecule has 1 aliphatic rings. The first-order chi connectivity index (χ1) is 12.7. The van der Waals surface area contributed by atoms with Crippen molar-refractivity contribution in [2.24, 2.45) is 0 Å². The minimum absolute atomic E-state index is 0.0776. The lowest BCUT2D eigenvalue weighted by Gasteiger charge is -2.12. The van der Waals surface area contributed by atoms with Crippen molar-refractivity contribution in [1.29, 1.82) is 0 Å². The zero-order valence-electron chi connectivity index (χ0n) is 14.5. The van der Waals surface area contributed by atoms with Crippen molar-refractivity contribution in [2.75, 3.05) is 25.6 Å². The summed E-state index contributed by atoms with van der Waals surface area (Å²) in [6.45, 7) is 0.989. The molecule has 1 fully saturated rings. The minimum Gasteiger partial charge on any atom is -0.491 e. The van der Waals surface area contributed by atoms with Crippen LogP contribution in [0, 0.1) is 0 Å². The number of nitrogens with one attached hydrogen (secondary N) is 3. The van der Waals surface area contributed by atoms with Crippen molar-refractivity contribution >= 4 is 27.5 Å². The predicted molar refractivity (Wildman–Crippen MR) is 104 cm³/mol. The van der Waals surface area contributed by atoms with Gasteiger partial charge in [0.15, 0.2) is 0 Å². The molecule has 2 unspecified atom stereocenters. The summed E-state index contributed by atoms with van der Waals surface area (Å²) in [4.78, 5) is 12.5. The molecule has 1 saturated heterocycles. The second-order valence-corrected chi connectivity index (χ2v) is 6.96. The predicted octanol–water partition coefficient (Wildman–Crippen LogP) is 3.02. The molecule has 2 aromatic carbocycles. The fourth-order valence-corrected chi connectivity index (χ4v) is 3.04. The first kappa shape index (κ1) is 18.8. The fourth-order valence-electron chi connectivity index (χ4n) is 2.78. The number of anilines is 1. The molecule has 0 spiro atoms. The van der Waals surface area contributed by atoms with E-state index < -0.39 is 0 Å². The van der Waals surface area contributed by atoms with Crippen molar-refractivity contribution in [1.82, 2.24) is 10.9 Å². The van der Waals surface area contributed by atoms with E-state index in [-0.39, 0.29) is 18.0 Å². The van der Waals surface area contributed by atoms with Crippen LogP contribution < -0.4 is 20.9 Å². The molecule has 7 heteroatoms. The molecule has 0 bridgehead atoms. The maximum atomic E-state index is 12.5. The molecule has 0 aliphatic carbocycles. The normalized spacial score (nSPS) is 19.3. The van der Waals surface area contributed by atoms with Gasteiger partial charge >= 0.3 is 0 Å². The molecule has 1 amide bonds. The molecule has 26 heavy (non-hydrogen) atoms. The summed E-state index contributed by atoms with van der Waals surface area (Å²) in [7, 11) is 1.63. The fraction of sp³-hybridized carbons (Fsp3) is 0.316. The highest BCUT2D eigenvalue weighted by Gasteiger charge is 2.30. The maximum Gasteiger partial charge on any atom is 0.242 e.